The summed E-state index contributed by atoms with van der Waals surface area (Å²) in [6, 6.07) is 5.55. The Bertz CT molecular complexity index is 1110. The summed E-state index contributed by atoms with van der Waals surface area (Å²) >= 11 is 0. The number of carbonyl (C=O) groups excluding carboxylic acids is 1. The SMILES string of the molecule is COc1cc(OC)c(-c2cc(F)ccc2[C@H]2Cc3nc(N)ncc3C(=O)N2)cn1. The largest absolute Gasteiger partial charge is 0.496 e. The Morgan fingerprint density at radius 2 is 1.90 bits per heavy atom. The third-order valence-corrected chi connectivity index (χ3v) is 4.78. The molecule has 0 unspecified atom stereocenters. The number of hydrogen-bond donors (Lipinski definition) is 2. The zero-order valence-corrected chi connectivity index (χ0v) is 15.8. The van der Waals surface area contributed by atoms with Gasteiger partial charge in [-0.1, -0.05) is 6.07 Å². The van der Waals surface area contributed by atoms with Crippen molar-refractivity contribution in [3.05, 3.63) is 59.3 Å². The number of carbonyl (C=O) groups is 1. The number of methoxy groups -OCH3 is 2. The van der Waals surface area contributed by atoms with E-state index in [2.05, 4.69) is 20.3 Å². The first-order valence-corrected chi connectivity index (χ1v) is 8.80. The lowest BCUT2D eigenvalue weighted by Crippen LogP contribution is -2.36. The topological polar surface area (TPSA) is 112 Å². The Hall–Kier alpha value is -3.75. The van der Waals surface area contributed by atoms with Crippen LogP contribution in [0.1, 0.15) is 27.7 Å². The number of fused-ring (bicyclic) bond motifs is 1. The molecule has 4 rings (SSSR count). The molecule has 0 saturated heterocycles. The van der Waals surface area contributed by atoms with Gasteiger partial charge in [-0.2, -0.15) is 0 Å². The Balaban J connectivity index is 1.82. The van der Waals surface area contributed by atoms with E-state index in [0.29, 0.717) is 46.0 Å². The Morgan fingerprint density at radius 3 is 2.66 bits per heavy atom. The van der Waals surface area contributed by atoms with E-state index in [-0.39, 0.29) is 11.9 Å². The lowest BCUT2D eigenvalue weighted by Gasteiger charge is -2.27. The number of amides is 1. The first-order valence-electron chi connectivity index (χ1n) is 8.80. The maximum atomic E-state index is 14.1. The Labute approximate surface area is 165 Å². The Kier molecular flexibility index (Phi) is 4.71. The number of nitrogen functional groups attached to an aromatic ring is 1. The van der Waals surface area contributed by atoms with Gasteiger partial charge in [-0.05, 0) is 23.3 Å². The van der Waals surface area contributed by atoms with Gasteiger partial charge in [-0.15, -0.1) is 0 Å². The van der Waals surface area contributed by atoms with E-state index >= 15 is 0 Å². The number of ether oxygens (including phenoxy) is 2. The van der Waals surface area contributed by atoms with Gasteiger partial charge in [-0.25, -0.2) is 19.3 Å². The highest BCUT2D eigenvalue weighted by Crippen LogP contribution is 2.38. The molecular weight excluding hydrogens is 377 g/mol. The van der Waals surface area contributed by atoms with Crippen molar-refractivity contribution in [3.8, 4) is 22.8 Å². The first kappa shape index (κ1) is 18.6. The average molecular weight is 395 g/mol. The summed E-state index contributed by atoms with van der Waals surface area (Å²) in [6.07, 6.45) is 3.35. The van der Waals surface area contributed by atoms with Crippen LogP contribution < -0.4 is 20.5 Å². The number of anilines is 1. The zero-order valence-electron chi connectivity index (χ0n) is 15.8. The molecule has 1 atom stereocenters. The molecule has 1 aliphatic heterocycles. The van der Waals surface area contributed by atoms with Gasteiger partial charge in [0.05, 0.1) is 31.5 Å². The third kappa shape index (κ3) is 3.42. The highest BCUT2D eigenvalue weighted by Gasteiger charge is 2.29. The van der Waals surface area contributed by atoms with Crippen LogP contribution in [-0.4, -0.2) is 35.1 Å². The van der Waals surface area contributed by atoms with Gasteiger partial charge in [-0.3, -0.25) is 4.79 Å². The van der Waals surface area contributed by atoms with Crippen molar-refractivity contribution >= 4 is 11.9 Å². The van der Waals surface area contributed by atoms with E-state index in [1.54, 1.807) is 18.3 Å². The van der Waals surface area contributed by atoms with Crippen LogP contribution >= 0.6 is 0 Å². The molecule has 9 heteroatoms. The van der Waals surface area contributed by atoms with Gasteiger partial charge in [0.15, 0.2) is 0 Å². The van der Waals surface area contributed by atoms with Crippen molar-refractivity contribution in [3.63, 3.8) is 0 Å². The predicted octanol–water partition coefficient (Wildman–Crippen LogP) is 2.30. The summed E-state index contributed by atoms with van der Waals surface area (Å²) in [4.78, 5) is 24.8. The molecule has 0 fully saturated rings. The van der Waals surface area contributed by atoms with Gasteiger partial charge in [0.2, 0.25) is 11.8 Å². The van der Waals surface area contributed by atoms with E-state index in [1.807, 2.05) is 0 Å². The van der Waals surface area contributed by atoms with Crippen LogP contribution in [0.4, 0.5) is 10.3 Å². The van der Waals surface area contributed by atoms with Gasteiger partial charge in [0.1, 0.15) is 11.6 Å². The number of benzene rings is 1. The van der Waals surface area contributed by atoms with Crippen LogP contribution in [0.3, 0.4) is 0 Å². The molecule has 8 nitrogen and oxygen atoms in total. The van der Waals surface area contributed by atoms with Crippen LogP contribution in [0, 0.1) is 5.82 Å². The summed E-state index contributed by atoms with van der Waals surface area (Å²) in [5, 5.41) is 2.93. The van der Waals surface area contributed by atoms with E-state index in [1.165, 1.54) is 32.5 Å². The fourth-order valence-corrected chi connectivity index (χ4v) is 3.41. The minimum absolute atomic E-state index is 0.0950. The summed E-state index contributed by atoms with van der Waals surface area (Å²) in [7, 11) is 3.01. The van der Waals surface area contributed by atoms with Crippen LogP contribution in [0.5, 0.6) is 11.6 Å². The van der Waals surface area contributed by atoms with Gasteiger partial charge < -0.3 is 20.5 Å². The predicted molar refractivity (Wildman–Crippen MR) is 103 cm³/mol. The second-order valence-electron chi connectivity index (χ2n) is 6.48. The number of pyridine rings is 1. The van der Waals surface area contributed by atoms with Gasteiger partial charge >= 0.3 is 0 Å². The van der Waals surface area contributed by atoms with E-state index < -0.39 is 11.9 Å². The number of nitrogens with one attached hydrogen (secondary N) is 1. The molecule has 29 heavy (non-hydrogen) atoms. The van der Waals surface area contributed by atoms with E-state index in [4.69, 9.17) is 15.2 Å². The van der Waals surface area contributed by atoms with Crippen molar-refractivity contribution in [2.24, 2.45) is 0 Å². The number of nitrogens with two attached hydrogens (primary N) is 1. The molecule has 0 radical (unpaired) electrons. The minimum atomic E-state index is -0.438. The standard InChI is InChI=1S/C20H18FN5O3/c1-28-17-7-18(29-2)23-8-13(17)12-5-10(21)3-4-11(12)15-6-16-14(19(27)25-15)9-24-20(22)26-16/h3-5,7-9,15H,6H2,1-2H3,(H,25,27)(H2,22,24,26)/t15-/m1/s1. The number of halogens is 1. The van der Waals surface area contributed by atoms with Crippen LogP contribution in [-0.2, 0) is 6.42 Å². The van der Waals surface area contributed by atoms with Crippen LogP contribution in [0.15, 0.2) is 36.7 Å². The molecule has 148 valence electrons. The fraction of sp³-hybridized carbons (Fsp3) is 0.200. The fourth-order valence-electron chi connectivity index (χ4n) is 3.41. The molecule has 1 amide bonds. The molecule has 0 spiro atoms. The van der Waals surface area contributed by atoms with Crippen LogP contribution in [0.25, 0.3) is 11.1 Å². The number of hydrogen-bond acceptors (Lipinski definition) is 7. The molecular formula is C20H18FN5O3. The Morgan fingerprint density at radius 1 is 1.10 bits per heavy atom. The number of nitrogens with zero attached hydrogens (tertiary/aromatic N) is 3. The molecule has 3 aromatic rings. The number of aromatic nitrogens is 3. The molecule has 1 aromatic carbocycles. The second-order valence-corrected chi connectivity index (χ2v) is 6.48. The van der Waals surface area contributed by atoms with Crippen molar-refractivity contribution in [1.29, 1.82) is 0 Å². The monoisotopic (exact) mass is 395 g/mol. The van der Waals surface area contributed by atoms with Crippen LogP contribution in [0.2, 0.25) is 0 Å². The average Bonchev–Trinajstić information content (AvgIpc) is 2.72. The first-order chi connectivity index (χ1) is 14.0. The normalized spacial score (nSPS) is 15.4. The second kappa shape index (κ2) is 7.34. The minimum Gasteiger partial charge on any atom is -0.496 e. The summed E-state index contributed by atoms with van der Waals surface area (Å²) < 4.78 is 24.7. The summed E-state index contributed by atoms with van der Waals surface area (Å²) in [5.41, 5.74) is 8.42. The molecule has 1 aliphatic rings. The third-order valence-electron chi connectivity index (χ3n) is 4.78. The van der Waals surface area contributed by atoms with Gasteiger partial charge in [0.25, 0.3) is 5.91 Å². The summed E-state index contributed by atoms with van der Waals surface area (Å²) in [5.74, 6) is 0.202. The van der Waals surface area contributed by atoms with E-state index in [0.717, 1.165) is 0 Å². The van der Waals surface area contributed by atoms with Crippen molar-refractivity contribution in [1.82, 2.24) is 20.3 Å². The molecule has 0 bridgehead atoms. The summed E-state index contributed by atoms with van der Waals surface area (Å²) in [6.45, 7) is 0. The molecule has 3 heterocycles. The lowest BCUT2D eigenvalue weighted by molar-refractivity contribution is 0.0923. The smallest absolute Gasteiger partial charge is 0.255 e. The maximum absolute atomic E-state index is 14.1. The quantitative estimate of drug-likeness (QED) is 0.697. The van der Waals surface area contributed by atoms with E-state index in [9.17, 15) is 9.18 Å². The maximum Gasteiger partial charge on any atom is 0.255 e. The van der Waals surface area contributed by atoms with Crippen molar-refractivity contribution in [2.45, 2.75) is 12.5 Å². The molecule has 0 saturated carbocycles. The molecule has 3 N–H and O–H groups in total. The van der Waals surface area contributed by atoms with Gasteiger partial charge in [0, 0.05) is 30.4 Å². The number of rotatable bonds is 4. The zero-order chi connectivity index (χ0) is 20.5. The van der Waals surface area contributed by atoms with Crippen molar-refractivity contribution in [2.75, 3.05) is 20.0 Å². The highest BCUT2D eigenvalue weighted by atomic mass is 19.1. The molecule has 0 aliphatic carbocycles. The van der Waals surface area contributed by atoms with Crippen molar-refractivity contribution < 1.29 is 18.7 Å². The molecule has 2 aromatic heterocycles. The highest BCUT2D eigenvalue weighted by molar-refractivity contribution is 5.96. The lowest BCUT2D eigenvalue weighted by atomic mass is 9.89.